The molecule has 2 rings (SSSR count). The molecule has 0 bridgehead atoms. The van der Waals surface area contributed by atoms with Crippen molar-refractivity contribution in [2.75, 3.05) is 5.73 Å². The van der Waals surface area contributed by atoms with E-state index in [1.54, 1.807) is 24.3 Å². The number of carbonyl (C=O) groups excluding carboxylic acids is 1. The fourth-order valence-electron chi connectivity index (χ4n) is 1.79. The summed E-state index contributed by atoms with van der Waals surface area (Å²) in [7, 11) is 0. The minimum atomic E-state index is -1.27. The third-order valence-electron chi connectivity index (χ3n) is 2.84. The number of aromatic carboxylic acids is 1. The van der Waals surface area contributed by atoms with E-state index < -0.39 is 11.9 Å². The van der Waals surface area contributed by atoms with Crippen molar-refractivity contribution in [1.82, 2.24) is 0 Å². The van der Waals surface area contributed by atoms with Crippen molar-refractivity contribution >= 4 is 29.2 Å². The van der Waals surface area contributed by atoms with Gasteiger partial charge in [0.15, 0.2) is 0 Å². The lowest BCUT2D eigenvalue weighted by Gasteiger charge is -2.11. The van der Waals surface area contributed by atoms with E-state index in [0.717, 1.165) is 5.56 Å². The van der Waals surface area contributed by atoms with Crippen molar-refractivity contribution in [2.45, 2.75) is 6.61 Å². The Kier molecular flexibility index (Phi) is 4.45. The van der Waals surface area contributed by atoms with Crippen molar-refractivity contribution in [3.8, 4) is 0 Å². The molecule has 0 amide bonds. The highest BCUT2D eigenvalue weighted by Crippen LogP contribution is 2.27. The Labute approximate surface area is 125 Å². The Morgan fingerprint density at radius 2 is 1.81 bits per heavy atom. The largest absolute Gasteiger partial charge is 0.478 e. The molecule has 2 aromatic carbocycles. The molecule has 0 spiro atoms. The second kappa shape index (κ2) is 6.28. The first-order chi connectivity index (χ1) is 10.0. The van der Waals surface area contributed by atoms with E-state index in [1.807, 2.05) is 6.07 Å². The molecule has 0 saturated carbocycles. The topological polar surface area (TPSA) is 89.6 Å². The van der Waals surface area contributed by atoms with Gasteiger partial charge in [-0.15, -0.1) is 0 Å². The summed E-state index contributed by atoms with van der Waals surface area (Å²) < 4.78 is 5.10. The molecule has 21 heavy (non-hydrogen) atoms. The Morgan fingerprint density at radius 3 is 2.43 bits per heavy atom. The molecule has 6 heteroatoms. The number of carbonyl (C=O) groups is 2. The molecule has 0 saturated heterocycles. The van der Waals surface area contributed by atoms with Crippen molar-refractivity contribution in [3.63, 3.8) is 0 Å². The van der Waals surface area contributed by atoms with Crippen LogP contribution in [0.1, 0.15) is 26.3 Å². The maximum Gasteiger partial charge on any atom is 0.341 e. The molecule has 0 aliphatic rings. The summed E-state index contributed by atoms with van der Waals surface area (Å²) in [6, 6.07) is 11.6. The van der Waals surface area contributed by atoms with Gasteiger partial charge in [0.05, 0.1) is 21.8 Å². The maximum atomic E-state index is 12.1. The predicted octanol–water partition coefficient (Wildman–Crippen LogP) is 2.98. The summed E-state index contributed by atoms with van der Waals surface area (Å²) in [5, 5.41) is 9.21. The van der Waals surface area contributed by atoms with Crippen LogP contribution in [0.3, 0.4) is 0 Å². The van der Waals surface area contributed by atoms with Gasteiger partial charge in [0.1, 0.15) is 6.61 Å². The molecule has 0 aromatic heterocycles. The normalized spacial score (nSPS) is 10.1. The second-order valence-corrected chi connectivity index (χ2v) is 4.66. The number of benzene rings is 2. The van der Waals surface area contributed by atoms with E-state index in [-0.39, 0.29) is 28.4 Å². The molecule has 108 valence electrons. The van der Waals surface area contributed by atoms with E-state index in [0.29, 0.717) is 0 Å². The quantitative estimate of drug-likeness (QED) is 0.669. The number of rotatable bonds is 4. The number of hydrogen-bond donors (Lipinski definition) is 2. The van der Waals surface area contributed by atoms with Crippen LogP contribution in [0.4, 0.5) is 5.69 Å². The molecule has 0 atom stereocenters. The summed E-state index contributed by atoms with van der Waals surface area (Å²) in [6.07, 6.45) is 0. The summed E-state index contributed by atoms with van der Waals surface area (Å²) in [4.78, 5) is 23.2. The fourth-order valence-corrected chi connectivity index (χ4v) is 1.95. The molecule has 0 radical (unpaired) electrons. The van der Waals surface area contributed by atoms with Gasteiger partial charge in [-0.25, -0.2) is 9.59 Å². The first-order valence-electron chi connectivity index (χ1n) is 6.03. The number of ether oxygens (including phenoxy) is 1. The van der Waals surface area contributed by atoms with Crippen LogP contribution in [0.5, 0.6) is 0 Å². The summed E-state index contributed by atoms with van der Waals surface area (Å²) in [6.45, 7) is 0.0185. The highest BCUT2D eigenvalue weighted by atomic mass is 35.5. The molecule has 5 nitrogen and oxygen atoms in total. The zero-order valence-electron chi connectivity index (χ0n) is 10.9. The zero-order valence-corrected chi connectivity index (χ0v) is 11.6. The van der Waals surface area contributed by atoms with Crippen LogP contribution in [0.15, 0.2) is 42.5 Å². The molecular weight excluding hydrogens is 294 g/mol. The van der Waals surface area contributed by atoms with Crippen LogP contribution in [0.25, 0.3) is 0 Å². The Hall–Kier alpha value is -2.53. The number of carboxylic acid groups (broad SMARTS) is 1. The standard InChI is InChI=1S/C15H12ClNO4/c16-11-7-6-10(14(18)19)12(13(11)17)15(20)21-8-9-4-2-1-3-5-9/h1-7H,8,17H2,(H,18,19). The number of halogens is 1. The molecule has 0 aliphatic heterocycles. The van der Waals surface area contributed by atoms with Gasteiger partial charge in [-0.3, -0.25) is 0 Å². The fraction of sp³-hybridized carbons (Fsp3) is 0.0667. The van der Waals surface area contributed by atoms with Gasteiger partial charge in [0.25, 0.3) is 0 Å². The Bertz CT molecular complexity index is 686. The number of nitrogen functional groups attached to an aromatic ring is 1. The van der Waals surface area contributed by atoms with Gasteiger partial charge in [-0.1, -0.05) is 41.9 Å². The molecule has 0 unspecified atom stereocenters. The van der Waals surface area contributed by atoms with Crippen molar-refractivity contribution in [3.05, 3.63) is 64.2 Å². The highest BCUT2D eigenvalue weighted by molar-refractivity contribution is 6.34. The lowest BCUT2D eigenvalue weighted by molar-refractivity contribution is 0.0465. The smallest absolute Gasteiger partial charge is 0.341 e. The maximum absolute atomic E-state index is 12.1. The number of esters is 1. The van der Waals surface area contributed by atoms with E-state index in [9.17, 15) is 9.59 Å². The van der Waals surface area contributed by atoms with Crippen LogP contribution in [0.2, 0.25) is 5.02 Å². The third-order valence-corrected chi connectivity index (χ3v) is 3.17. The predicted molar refractivity (Wildman–Crippen MR) is 78.4 cm³/mol. The Morgan fingerprint density at radius 1 is 1.14 bits per heavy atom. The van der Waals surface area contributed by atoms with E-state index >= 15 is 0 Å². The minimum Gasteiger partial charge on any atom is -0.478 e. The molecule has 0 aliphatic carbocycles. The van der Waals surface area contributed by atoms with E-state index in [1.165, 1.54) is 12.1 Å². The number of nitrogens with two attached hydrogens (primary N) is 1. The van der Waals surface area contributed by atoms with Gasteiger partial charge in [0, 0.05) is 0 Å². The van der Waals surface area contributed by atoms with Crippen molar-refractivity contribution < 1.29 is 19.4 Å². The SMILES string of the molecule is Nc1c(Cl)ccc(C(=O)O)c1C(=O)OCc1ccccc1. The second-order valence-electron chi connectivity index (χ2n) is 4.25. The molecule has 2 aromatic rings. The lowest BCUT2D eigenvalue weighted by Crippen LogP contribution is -2.14. The molecular formula is C15H12ClNO4. The minimum absolute atomic E-state index is 0.0185. The van der Waals surface area contributed by atoms with Gasteiger partial charge in [-0.2, -0.15) is 0 Å². The third kappa shape index (κ3) is 3.32. The summed E-state index contributed by atoms with van der Waals surface area (Å²) in [5.74, 6) is -2.10. The average Bonchev–Trinajstić information content (AvgIpc) is 2.48. The lowest BCUT2D eigenvalue weighted by atomic mass is 10.1. The van der Waals surface area contributed by atoms with Gasteiger partial charge < -0.3 is 15.6 Å². The van der Waals surface area contributed by atoms with Gasteiger partial charge in [-0.05, 0) is 17.7 Å². The summed E-state index contributed by atoms with van der Waals surface area (Å²) >= 11 is 5.83. The first-order valence-corrected chi connectivity index (χ1v) is 6.41. The van der Waals surface area contributed by atoms with Crippen molar-refractivity contribution in [2.24, 2.45) is 0 Å². The van der Waals surface area contributed by atoms with Crippen LogP contribution >= 0.6 is 11.6 Å². The number of anilines is 1. The van der Waals surface area contributed by atoms with Gasteiger partial charge >= 0.3 is 11.9 Å². The monoisotopic (exact) mass is 305 g/mol. The van der Waals surface area contributed by atoms with E-state index in [2.05, 4.69) is 0 Å². The highest BCUT2D eigenvalue weighted by Gasteiger charge is 2.22. The molecule has 3 N–H and O–H groups in total. The van der Waals surface area contributed by atoms with Crippen LogP contribution in [-0.4, -0.2) is 17.0 Å². The van der Waals surface area contributed by atoms with Gasteiger partial charge in [0.2, 0.25) is 0 Å². The molecule has 0 heterocycles. The van der Waals surface area contributed by atoms with E-state index in [4.69, 9.17) is 27.2 Å². The zero-order chi connectivity index (χ0) is 15.4. The van der Waals surface area contributed by atoms with Crippen LogP contribution < -0.4 is 5.73 Å². The summed E-state index contributed by atoms with van der Waals surface area (Å²) in [5.41, 5.74) is 5.90. The average molecular weight is 306 g/mol. The first kappa shape index (κ1) is 14.9. The Balaban J connectivity index is 2.26. The van der Waals surface area contributed by atoms with Crippen molar-refractivity contribution in [1.29, 1.82) is 0 Å². The van der Waals surface area contributed by atoms with Crippen LogP contribution in [0, 0.1) is 0 Å². The molecule has 0 fully saturated rings. The number of carboxylic acids is 1. The number of hydrogen-bond acceptors (Lipinski definition) is 4. The van der Waals surface area contributed by atoms with Crippen LogP contribution in [-0.2, 0) is 11.3 Å².